The van der Waals surface area contributed by atoms with E-state index in [1.165, 1.54) is 29.2 Å². The van der Waals surface area contributed by atoms with Crippen molar-refractivity contribution in [2.45, 2.75) is 24.7 Å². The van der Waals surface area contributed by atoms with Crippen LogP contribution in [0, 0.1) is 0 Å². The van der Waals surface area contributed by atoms with Crippen LogP contribution in [0.3, 0.4) is 0 Å². The van der Waals surface area contributed by atoms with Gasteiger partial charge in [-0.05, 0) is 24.1 Å². The third-order valence-electron chi connectivity index (χ3n) is 5.00. The minimum atomic E-state index is -4.44. The summed E-state index contributed by atoms with van der Waals surface area (Å²) in [6, 6.07) is 4.38. The molecule has 1 aliphatic rings. The third kappa shape index (κ3) is 3.88. The van der Waals surface area contributed by atoms with Gasteiger partial charge in [0, 0.05) is 18.8 Å². The minimum Gasteiger partial charge on any atom is -0.391 e. The topological polar surface area (TPSA) is 89.3 Å². The molecule has 0 spiro atoms. The first-order valence-corrected chi connectivity index (χ1v) is 9.28. The fraction of sp³-hybridized carbons (Fsp3) is 0.350. The highest BCUT2D eigenvalue weighted by atomic mass is 19.4. The van der Waals surface area contributed by atoms with Gasteiger partial charge in [-0.3, -0.25) is 4.79 Å². The van der Waals surface area contributed by atoms with Crippen LogP contribution in [0.4, 0.5) is 19.0 Å². The van der Waals surface area contributed by atoms with Crippen molar-refractivity contribution < 1.29 is 23.0 Å². The predicted molar refractivity (Wildman–Crippen MR) is 104 cm³/mol. The maximum absolute atomic E-state index is 12.9. The van der Waals surface area contributed by atoms with E-state index in [4.69, 9.17) is 4.74 Å². The van der Waals surface area contributed by atoms with Crippen molar-refractivity contribution >= 4 is 16.7 Å². The van der Waals surface area contributed by atoms with E-state index in [0.717, 1.165) is 12.1 Å². The molecular weight excluding hydrogens is 401 g/mol. The van der Waals surface area contributed by atoms with Crippen LogP contribution in [0.2, 0.25) is 0 Å². The molecule has 1 aliphatic heterocycles. The number of benzene rings is 1. The maximum Gasteiger partial charge on any atom is 0.416 e. The number of nitrogens with zero attached hydrogens (tertiary/aromatic N) is 3. The summed E-state index contributed by atoms with van der Waals surface area (Å²) < 4.78 is 45.2. The Bertz CT molecular complexity index is 1130. The molecule has 1 saturated heterocycles. The first kappa shape index (κ1) is 20.3. The number of nitrogens with one attached hydrogen (secondary N) is 1. The van der Waals surface area contributed by atoms with Crippen molar-refractivity contribution in [2.75, 3.05) is 18.5 Å². The van der Waals surface area contributed by atoms with Gasteiger partial charge in [-0.25, -0.2) is 9.97 Å². The van der Waals surface area contributed by atoms with Crippen LogP contribution in [0.1, 0.15) is 12.0 Å². The molecule has 7 nitrogen and oxygen atoms in total. The molecule has 0 aliphatic carbocycles. The summed E-state index contributed by atoms with van der Waals surface area (Å²) in [5.41, 5.74) is 0.126. The number of aromatic nitrogens is 3. The molecule has 2 atom stereocenters. The maximum atomic E-state index is 12.9. The number of rotatable bonds is 3. The van der Waals surface area contributed by atoms with Crippen LogP contribution in [0.25, 0.3) is 22.0 Å². The standard InChI is InChI=1S/C20H19F3N4O3/c1-27-10-25-17-15(11-2-4-12(5-3-11)20(21,22)23)7-24-18(16(17)19(27)29)26-13-6-14(28)9-30-8-13/h2-5,7,10,13-14,28H,6,8-9H2,1H3,(H,24,26). The average Bonchev–Trinajstić information content (AvgIpc) is 2.70. The minimum absolute atomic E-state index is 0.220. The molecule has 4 rings (SSSR count). The fourth-order valence-corrected chi connectivity index (χ4v) is 3.48. The number of aliphatic hydroxyl groups excluding tert-OH is 1. The molecule has 2 aromatic heterocycles. The zero-order chi connectivity index (χ0) is 21.5. The summed E-state index contributed by atoms with van der Waals surface area (Å²) in [5, 5.41) is 13.1. The van der Waals surface area contributed by atoms with Crippen LogP contribution in [-0.2, 0) is 18.0 Å². The summed E-state index contributed by atoms with van der Waals surface area (Å²) >= 11 is 0. The zero-order valence-electron chi connectivity index (χ0n) is 16.0. The molecule has 10 heteroatoms. The Morgan fingerprint density at radius 3 is 2.60 bits per heavy atom. The SMILES string of the molecule is Cn1cnc2c(-c3ccc(C(F)(F)F)cc3)cnc(NC3COCC(O)C3)c2c1=O. The van der Waals surface area contributed by atoms with E-state index >= 15 is 0 Å². The number of alkyl halides is 3. The number of aliphatic hydroxyl groups is 1. The van der Waals surface area contributed by atoms with Crippen molar-refractivity contribution in [1.29, 1.82) is 0 Å². The lowest BCUT2D eigenvalue weighted by molar-refractivity contribution is -0.137. The van der Waals surface area contributed by atoms with Gasteiger partial charge in [0.2, 0.25) is 0 Å². The van der Waals surface area contributed by atoms with E-state index in [1.54, 1.807) is 7.05 Å². The molecule has 0 bridgehead atoms. The molecule has 2 unspecified atom stereocenters. The van der Waals surface area contributed by atoms with E-state index in [1.807, 2.05) is 0 Å². The van der Waals surface area contributed by atoms with Crippen LogP contribution < -0.4 is 10.9 Å². The second-order valence-corrected chi connectivity index (χ2v) is 7.25. The van der Waals surface area contributed by atoms with Gasteiger partial charge < -0.3 is 19.7 Å². The molecule has 0 radical (unpaired) electrons. The second kappa shape index (κ2) is 7.69. The predicted octanol–water partition coefficient (Wildman–Crippen LogP) is 2.58. The summed E-state index contributed by atoms with van der Waals surface area (Å²) in [5.74, 6) is 0.289. The lowest BCUT2D eigenvalue weighted by Gasteiger charge is -2.27. The number of aryl methyl sites for hydroxylation is 1. The molecule has 2 N–H and O–H groups in total. The Morgan fingerprint density at radius 2 is 1.93 bits per heavy atom. The molecule has 158 valence electrons. The number of pyridine rings is 1. The van der Waals surface area contributed by atoms with Crippen LogP contribution >= 0.6 is 0 Å². The van der Waals surface area contributed by atoms with E-state index in [2.05, 4.69) is 15.3 Å². The largest absolute Gasteiger partial charge is 0.416 e. The van der Waals surface area contributed by atoms with Gasteiger partial charge in [0.1, 0.15) is 11.2 Å². The molecule has 30 heavy (non-hydrogen) atoms. The molecule has 3 aromatic rings. The quantitative estimate of drug-likeness (QED) is 0.677. The highest BCUT2D eigenvalue weighted by molar-refractivity contribution is 5.98. The van der Waals surface area contributed by atoms with Crippen LogP contribution in [0.5, 0.6) is 0 Å². The lowest BCUT2D eigenvalue weighted by atomic mass is 10.0. The van der Waals surface area contributed by atoms with Gasteiger partial charge in [-0.15, -0.1) is 0 Å². The summed E-state index contributed by atoms with van der Waals surface area (Å²) in [7, 11) is 1.55. The van der Waals surface area contributed by atoms with Crippen LogP contribution in [-0.4, -0.2) is 45.0 Å². The third-order valence-corrected chi connectivity index (χ3v) is 5.00. The Labute approximate surface area is 169 Å². The van der Waals surface area contributed by atoms with Crippen LogP contribution in [0.15, 0.2) is 41.6 Å². The number of anilines is 1. The van der Waals surface area contributed by atoms with E-state index in [-0.39, 0.29) is 29.4 Å². The number of halogens is 3. The average molecular weight is 420 g/mol. The highest BCUT2D eigenvalue weighted by Gasteiger charge is 2.30. The Morgan fingerprint density at radius 1 is 1.20 bits per heavy atom. The first-order valence-electron chi connectivity index (χ1n) is 9.28. The molecule has 0 saturated carbocycles. The van der Waals surface area contributed by atoms with Gasteiger partial charge in [0.15, 0.2) is 0 Å². The van der Waals surface area contributed by atoms with Crippen molar-refractivity contribution in [3.05, 3.63) is 52.7 Å². The Balaban J connectivity index is 1.80. The normalized spacial score (nSPS) is 19.8. The smallest absolute Gasteiger partial charge is 0.391 e. The summed E-state index contributed by atoms with van der Waals surface area (Å²) in [6.45, 7) is 0.601. The first-order chi connectivity index (χ1) is 14.2. The highest BCUT2D eigenvalue weighted by Crippen LogP contribution is 2.33. The molecule has 1 aromatic carbocycles. The summed E-state index contributed by atoms with van der Waals surface area (Å²) in [4.78, 5) is 21.5. The van der Waals surface area contributed by atoms with Crippen molar-refractivity contribution in [3.63, 3.8) is 0 Å². The second-order valence-electron chi connectivity index (χ2n) is 7.25. The van der Waals surface area contributed by atoms with Gasteiger partial charge in [0.25, 0.3) is 5.56 Å². The van der Waals surface area contributed by atoms with Gasteiger partial charge in [0.05, 0.1) is 42.8 Å². The molecular formula is C20H19F3N4O3. The van der Waals surface area contributed by atoms with Crippen molar-refractivity contribution in [2.24, 2.45) is 7.05 Å². The van der Waals surface area contributed by atoms with Crippen molar-refractivity contribution in [1.82, 2.24) is 14.5 Å². The molecule has 3 heterocycles. The van der Waals surface area contributed by atoms with Gasteiger partial charge >= 0.3 is 6.18 Å². The van der Waals surface area contributed by atoms with E-state index in [0.29, 0.717) is 29.7 Å². The van der Waals surface area contributed by atoms with Crippen molar-refractivity contribution in [3.8, 4) is 11.1 Å². The number of ether oxygens (including phenoxy) is 1. The van der Waals surface area contributed by atoms with E-state index in [9.17, 15) is 23.1 Å². The molecule has 1 fully saturated rings. The number of hydrogen-bond donors (Lipinski definition) is 2. The number of hydrogen-bond acceptors (Lipinski definition) is 6. The van der Waals surface area contributed by atoms with E-state index < -0.39 is 17.8 Å². The lowest BCUT2D eigenvalue weighted by Crippen LogP contribution is -2.38. The Hall–Kier alpha value is -2.98. The monoisotopic (exact) mass is 420 g/mol. The number of fused-ring (bicyclic) bond motifs is 1. The fourth-order valence-electron chi connectivity index (χ4n) is 3.48. The Kier molecular flexibility index (Phi) is 5.20. The molecule has 0 amide bonds. The van der Waals surface area contributed by atoms with Gasteiger partial charge in [-0.2, -0.15) is 13.2 Å². The van der Waals surface area contributed by atoms with Gasteiger partial charge in [-0.1, -0.05) is 12.1 Å². The summed E-state index contributed by atoms with van der Waals surface area (Å²) in [6.07, 6.45) is -1.79. The zero-order valence-corrected chi connectivity index (χ0v) is 16.0.